The lowest BCUT2D eigenvalue weighted by atomic mass is 9.98. The molecule has 2 aromatic rings. The van der Waals surface area contributed by atoms with Crippen LogP contribution in [0.1, 0.15) is 22.2 Å². The zero-order chi connectivity index (χ0) is 18.4. The minimum atomic E-state index is -4.39. The number of nitrogens with zero attached hydrogens (tertiary/aromatic N) is 2. The lowest BCUT2D eigenvalue weighted by Crippen LogP contribution is -2.45. The van der Waals surface area contributed by atoms with Crippen LogP contribution in [0.4, 0.5) is 18.3 Å². The lowest BCUT2D eigenvalue weighted by Gasteiger charge is -2.36. The predicted octanol–water partition coefficient (Wildman–Crippen LogP) is 4.60. The van der Waals surface area contributed by atoms with Crippen LogP contribution < -0.4 is 10.5 Å². The van der Waals surface area contributed by atoms with Gasteiger partial charge in [-0.05, 0) is 69.3 Å². The number of hydrogen-bond acceptors (Lipinski definition) is 5. The summed E-state index contributed by atoms with van der Waals surface area (Å²) in [5.41, 5.74) is 7.26. The van der Waals surface area contributed by atoms with Gasteiger partial charge in [0.2, 0.25) is 0 Å². The molecule has 2 heterocycles. The summed E-state index contributed by atoms with van der Waals surface area (Å²) in [6, 6.07) is 2.93. The molecule has 3 rings (SSSR count). The Kier molecular flexibility index (Phi) is 5.71. The molecule has 1 atom stereocenters. The van der Waals surface area contributed by atoms with E-state index in [0.717, 1.165) is 29.8 Å². The lowest BCUT2D eigenvalue weighted by molar-refractivity contribution is -0.261. The molecule has 1 aliphatic heterocycles. The van der Waals surface area contributed by atoms with E-state index in [-0.39, 0.29) is 19.4 Å². The molecule has 4 nitrogen and oxygen atoms in total. The van der Waals surface area contributed by atoms with Gasteiger partial charge in [-0.15, -0.1) is 11.3 Å². The van der Waals surface area contributed by atoms with Crippen molar-refractivity contribution in [2.24, 2.45) is 0 Å². The molecule has 0 amide bonds. The smallest absolute Gasteiger partial charge is 0.460 e. The van der Waals surface area contributed by atoms with Crippen LogP contribution in [0.25, 0.3) is 0 Å². The summed E-state index contributed by atoms with van der Waals surface area (Å²) in [6.07, 6.45) is -3.89. The number of ether oxygens (including phenoxy) is 1. The Morgan fingerprint density at radius 2 is 2.00 bits per heavy atom. The first-order valence-electron chi connectivity index (χ1n) is 7.31. The second-order valence-corrected chi connectivity index (χ2v) is 8.97. The molecule has 0 saturated carbocycles. The highest BCUT2D eigenvalue weighted by Crippen LogP contribution is 2.42. The summed E-state index contributed by atoms with van der Waals surface area (Å²) >= 11 is 5.42. The van der Waals surface area contributed by atoms with E-state index in [4.69, 9.17) is 10.5 Å². The van der Waals surface area contributed by atoms with Crippen molar-refractivity contribution in [3.05, 3.63) is 35.4 Å². The zero-order valence-corrected chi connectivity index (χ0v) is 18.2. The van der Waals surface area contributed by atoms with Crippen molar-refractivity contribution in [2.75, 3.05) is 19.4 Å². The molecule has 0 bridgehead atoms. The molecular weight excluding hydrogens is 581 g/mol. The zero-order valence-electron chi connectivity index (χ0n) is 13.0. The largest absolute Gasteiger partial charge is 0.495 e. The van der Waals surface area contributed by atoms with Crippen molar-refractivity contribution in [2.45, 2.75) is 25.2 Å². The van der Waals surface area contributed by atoms with E-state index in [1.165, 1.54) is 0 Å². The second kappa shape index (κ2) is 7.35. The molecule has 1 aliphatic rings. The number of fused-ring (bicyclic) bond motifs is 1. The molecule has 0 spiro atoms. The predicted molar refractivity (Wildman–Crippen MR) is 108 cm³/mol. The van der Waals surface area contributed by atoms with Gasteiger partial charge in [-0.2, -0.15) is 13.2 Å². The van der Waals surface area contributed by atoms with Crippen molar-refractivity contribution in [1.82, 2.24) is 9.88 Å². The fourth-order valence-electron chi connectivity index (χ4n) is 3.00. The van der Waals surface area contributed by atoms with Crippen molar-refractivity contribution in [3.8, 4) is 5.75 Å². The summed E-state index contributed by atoms with van der Waals surface area (Å²) in [6.45, 7) is -0.103. The van der Waals surface area contributed by atoms with E-state index >= 15 is 0 Å². The molecule has 25 heavy (non-hydrogen) atoms. The molecule has 10 heteroatoms. The molecule has 1 aromatic heterocycles. The summed E-state index contributed by atoms with van der Waals surface area (Å²) in [5.74, 6) is 0.740. The summed E-state index contributed by atoms with van der Waals surface area (Å²) in [4.78, 5) is 5.41. The van der Waals surface area contributed by atoms with Crippen LogP contribution in [-0.4, -0.2) is 29.8 Å². The molecule has 0 radical (unpaired) electrons. The van der Waals surface area contributed by atoms with Gasteiger partial charge in [-0.3, -0.25) is 0 Å². The summed E-state index contributed by atoms with van der Waals surface area (Å²) < 4.78 is 47.7. The van der Waals surface area contributed by atoms with Crippen molar-refractivity contribution in [1.29, 1.82) is 0 Å². The third kappa shape index (κ3) is 4.00. The number of rotatable bonds is 3. The minimum Gasteiger partial charge on any atom is -0.495 e. The molecule has 0 aliphatic carbocycles. The minimum absolute atomic E-state index is 0.103. The summed E-state index contributed by atoms with van der Waals surface area (Å²) in [7, 11) is 1.58. The maximum Gasteiger partial charge on any atom is 0.460 e. The van der Waals surface area contributed by atoms with E-state index < -0.39 is 12.3 Å². The van der Waals surface area contributed by atoms with Gasteiger partial charge in [0.1, 0.15) is 5.75 Å². The van der Waals surface area contributed by atoms with Crippen LogP contribution in [0.5, 0.6) is 5.75 Å². The standard InChI is InChI=1S/C15H14F3I2N3OS/c1-24-12-8(19)4-7(5-9(12)20)6-11-13-10(22-14(21)25-13)2-3-23(11)15(16,17)18/h4-5,11H,2-3,6H2,1H3,(H2,21,22). The van der Waals surface area contributed by atoms with Gasteiger partial charge in [0.15, 0.2) is 5.13 Å². The first-order chi connectivity index (χ1) is 11.7. The fraction of sp³-hybridized carbons (Fsp3) is 0.400. The maximum absolute atomic E-state index is 13.5. The van der Waals surface area contributed by atoms with Gasteiger partial charge in [-0.1, -0.05) is 0 Å². The Balaban J connectivity index is 2.00. The summed E-state index contributed by atoms with van der Waals surface area (Å²) in [5, 5.41) is 0.318. The number of hydrogen-bond donors (Lipinski definition) is 1. The SMILES string of the molecule is COc1c(I)cc(CC2c3sc(N)nc3CCN2C(F)(F)F)cc1I. The number of anilines is 1. The van der Waals surface area contributed by atoms with Crippen molar-refractivity contribution >= 4 is 61.7 Å². The second-order valence-electron chi connectivity index (χ2n) is 5.59. The topological polar surface area (TPSA) is 51.4 Å². The Morgan fingerprint density at radius 3 is 2.56 bits per heavy atom. The monoisotopic (exact) mass is 595 g/mol. The van der Waals surface area contributed by atoms with Gasteiger partial charge < -0.3 is 10.5 Å². The number of nitrogens with two attached hydrogens (primary N) is 1. The van der Waals surface area contributed by atoms with Gasteiger partial charge in [0.05, 0.1) is 26.0 Å². The van der Waals surface area contributed by atoms with Crippen molar-refractivity contribution in [3.63, 3.8) is 0 Å². The number of nitrogen functional groups attached to an aromatic ring is 1. The third-order valence-electron chi connectivity index (χ3n) is 4.03. The van der Waals surface area contributed by atoms with Crippen LogP contribution in [0.15, 0.2) is 12.1 Å². The molecule has 1 aromatic carbocycles. The molecule has 1 unspecified atom stereocenters. The van der Waals surface area contributed by atoms with E-state index in [1.54, 1.807) is 7.11 Å². The highest BCUT2D eigenvalue weighted by molar-refractivity contribution is 14.1. The molecular formula is C15H14F3I2N3OS. The maximum atomic E-state index is 13.5. The Morgan fingerprint density at radius 1 is 1.36 bits per heavy atom. The first kappa shape index (κ1) is 19.4. The number of alkyl halides is 3. The van der Waals surface area contributed by atoms with Gasteiger partial charge in [-0.25, -0.2) is 9.88 Å². The Hall–Kier alpha value is -0.340. The Labute approximate surface area is 174 Å². The molecule has 0 fully saturated rings. The molecule has 136 valence electrons. The van der Waals surface area contributed by atoms with E-state index in [2.05, 4.69) is 50.2 Å². The number of methoxy groups -OCH3 is 1. The highest BCUT2D eigenvalue weighted by atomic mass is 127. The van der Waals surface area contributed by atoms with E-state index in [1.807, 2.05) is 12.1 Å². The normalized spacial score (nSPS) is 18.2. The molecule has 2 N–H and O–H groups in total. The van der Waals surface area contributed by atoms with Gasteiger partial charge >= 0.3 is 6.30 Å². The van der Waals surface area contributed by atoms with Crippen LogP contribution >= 0.6 is 56.5 Å². The number of thiazole rings is 1. The fourth-order valence-corrected chi connectivity index (χ4v) is 6.33. The van der Waals surface area contributed by atoms with Crippen molar-refractivity contribution < 1.29 is 17.9 Å². The van der Waals surface area contributed by atoms with E-state index in [0.29, 0.717) is 20.6 Å². The van der Waals surface area contributed by atoms with Gasteiger partial charge in [0.25, 0.3) is 0 Å². The van der Waals surface area contributed by atoms with Crippen LogP contribution in [0.3, 0.4) is 0 Å². The molecule has 0 saturated heterocycles. The van der Waals surface area contributed by atoms with E-state index in [9.17, 15) is 13.2 Å². The van der Waals surface area contributed by atoms with Crippen LogP contribution in [0, 0.1) is 7.14 Å². The highest BCUT2D eigenvalue weighted by Gasteiger charge is 2.45. The van der Waals surface area contributed by atoms with Crippen LogP contribution in [-0.2, 0) is 12.8 Å². The number of aromatic nitrogens is 1. The van der Waals surface area contributed by atoms with Gasteiger partial charge in [0, 0.05) is 17.8 Å². The average Bonchev–Trinajstić information content (AvgIpc) is 2.87. The number of benzene rings is 1. The average molecular weight is 595 g/mol. The first-order valence-corrected chi connectivity index (χ1v) is 10.3. The number of halogens is 5. The quantitative estimate of drug-likeness (QED) is 0.417. The van der Waals surface area contributed by atoms with Crippen LogP contribution in [0.2, 0.25) is 0 Å². The third-order valence-corrected chi connectivity index (χ3v) is 6.66. The Bertz CT molecular complexity index is 774.